The number of aromatic nitrogens is 4. The number of fused-ring (bicyclic) bond motifs is 7. The van der Waals surface area contributed by atoms with E-state index in [1.165, 1.54) is 5.56 Å². The lowest BCUT2D eigenvalue weighted by Gasteiger charge is -2.28. The largest absolute Gasteiger partial charge is 0.456 e. The number of furan rings is 1. The summed E-state index contributed by atoms with van der Waals surface area (Å²) in [4.78, 5) is 20.9. The zero-order valence-electron chi connectivity index (χ0n) is 31.1. The molecule has 7 aromatic carbocycles. The van der Waals surface area contributed by atoms with E-state index in [4.69, 9.17) is 24.4 Å². The molecule has 57 heavy (non-hydrogen) atoms. The summed E-state index contributed by atoms with van der Waals surface area (Å²) < 4.78 is 6.43. The molecule has 1 unspecified atom stereocenters. The summed E-state index contributed by atoms with van der Waals surface area (Å²) in [5.74, 6) is 1.69. The third-order valence-electron chi connectivity index (χ3n) is 11.4. The summed E-state index contributed by atoms with van der Waals surface area (Å²) in [5.41, 5.74) is 13.8. The fourth-order valence-electron chi connectivity index (χ4n) is 8.55. The predicted octanol–water partition coefficient (Wildman–Crippen LogP) is 12.8. The molecule has 3 aromatic heterocycles. The minimum absolute atomic E-state index is 0.516. The average Bonchev–Trinajstić information content (AvgIpc) is 3.80. The molecule has 5 nitrogen and oxygen atoms in total. The van der Waals surface area contributed by atoms with Crippen LogP contribution in [0.5, 0.6) is 0 Å². The predicted molar refractivity (Wildman–Crippen MR) is 230 cm³/mol. The zero-order valence-corrected chi connectivity index (χ0v) is 31.1. The van der Waals surface area contributed by atoms with E-state index < -0.39 is 5.41 Å². The van der Waals surface area contributed by atoms with Gasteiger partial charge in [-0.15, -0.1) is 0 Å². The summed E-state index contributed by atoms with van der Waals surface area (Å²) in [7, 11) is 0. The Hall–Kier alpha value is -7.50. The van der Waals surface area contributed by atoms with Crippen molar-refractivity contribution in [1.82, 2.24) is 19.9 Å². The van der Waals surface area contributed by atoms with Crippen LogP contribution >= 0.6 is 0 Å². The summed E-state index contributed by atoms with van der Waals surface area (Å²) in [6.07, 6.45) is 0. The van der Waals surface area contributed by atoms with Gasteiger partial charge in [0.05, 0.1) is 11.1 Å². The molecule has 10 aromatic rings. The first-order valence-electron chi connectivity index (χ1n) is 19.2. The Labute approximate surface area is 330 Å². The summed E-state index contributed by atoms with van der Waals surface area (Å²) in [6.45, 7) is 2.29. The van der Waals surface area contributed by atoms with E-state index >= 15 is 0 Å². The molecule has 5 heteroatoms. The monoisotopic (exact) mass is 730 g/mol. The third-order valence-corrected chi connectivity index (χ3v) is 11.4. The number of nitrogens with zero attached hydrogens (tertiary/aromatic N) is 4. The first-order valence-corrected chi connectivity index (χ1v) is 19.2. The van der Waals surface area contributed by atoms with Crippen LogP contribution in [0.3, 0.4) is 0 Å². The molecular weight excluding hydrogens is 697 g/mol. The molecule has 1 atom stereocenters. The number of hydrogen-bond acceptors (Lipinski definition) is 5. The second kappa shape index (κ2) is 13.1. The van der Waals surface area contributed by atoms with Gasteiger partial charge in [-0.05, 0) is 64.1 Å². The maximum atomic E-state index is 6.43. The number of hydrogen-bond donors (Lipinski definition) is 0. The maximum Gasteiger partial charge on any atom is 0.182 e. The number of benzene rings is 7. The van der Waals surface area contributed by atoms with Gasteiger partial charge >= 0.3 is 0 Å². The molecule has 11 rings (SSSR count). The summed E-state index contributed by atoms with van der Waals surface area (Å²) >= 11 is 0. The molecule has 0 saturated heterocycles. The van der Waals surface area contributed by atoms with E-state index in [0.29, 0.717) is 23.2 Å². The Balaban J connectivity index is 1.09. The van der Waals surface area contributed by atoms with E-state index in [0.717, 1.165) is 77.7 Å². The van der Waals surface area contributed by atoms with E-state index in [-0.39, 0.29) is 0 Å². The lowest BCUT2D eigenvalue weighted by Crippen LogP contribution is -2.24. The SMILES string of the molecule is CC1(c2ccccc2)c2nc(-c3nc(-c4ccc(-c5ccccc5)cc4)nc(-c4ccc(-c5ccccc5)cc4)n3)ccc2-c2ccc3oc4ccccc4c3c21. The van der Waals surface area contributed by atoms with Gasteiger partial charge in [0.15, 0.2) is 17.5 Å². The fourth-order valence-corrected chi connectivity index (χ4v) is 8.55. The van der Waals surface area contributed by atoms with Crippen molar-refractivity contribution in [2.24, 2.45) is 0 Å². The second-order valence-corrected chi connectivity index (χ2v) is 14.7. The summed E-state index contributed by atoms with van der Waals surface area (Å²) in [6, 6.07) is 65.1. The van der Waals surface area contributed by atoms with E-state index in [1.54, 1.807) is 0 Å². The molecule has 3 heterocycles. The zero-order chi connectivity index (χ0) is 37.9. The van der Waals surface area contributed by atoms with Crippen LogP contribution in [-0.4, -0.2) is 19.9 Å². The molecule has 0 N–H and O–H groups in total. The number of pyridine rings is 1. The van der Waals surface area contributed by atoms with Crippen LogP contribution in [0.15, 0.2) is 192 Å². The first kappa shape index (κ1) is 32.9. The molecule has 0 saturated carbocycles. The van der Waals surface area contributed by atoms with Crippen molar-refractivity contribution >= 4 is 21.9 Å². The lowest BCUT2D eigenvalue weighted by molar-refractivity contribution is 0.665. The first-order chi connectivity index (χ1) is 28.1. The van der Waals surface area contributed by atoms with Crippen molar-refractivity contribution in [2.75, 3.05) is 0 Å². The van der Waals surface area contributed by atoms with Crippen molar-refractivity contribution in [2.45, 2.75) is 12.3 Å². The van der Waals surface area contributed by atoms with Gasteiger partial charge in [-0.25, -0.2) is 19.9 Å². The van der Waals surface area contributed by atoms with Gasteiger partial charge in [0.25, 0.3) is 0 Å². The maximum absolute atomic E-state index is 6.43. The van der Waals surface area contributed by atoms with Gasteiger partial charge in [0.1, 0.15) is 16.9 Å². The smallest absolute Gasteiger partial charge is 0.182 e. The Morgan fingerprint density at radius 1 is 0.386 bits per heavy atom. The number of para-hydroxylation sites is 1. The highest BCUT2D eigenvalue weighted by molar-refractivity contribution is 6.11. The van der Waals surface area contributed by atoms with E-state index in [9.17, 15) is 0 Å². The second-order valence-electron chi connectivity index (χ2n) is 14.7. The van der Waals surface area contributed by atoms with Gasteiger partial charge in [-0.2, -0.15) is 0 Å². The lowest BCUT2D eigenvalue weighted by atomic mass is 9.75. The highest BCUT2D eigenvalue weighted by Gasteiger charge is 2.44. The molecule has 0 fully saturated rings. The Morgan fingerprint density at radius 3 is 1.49 bits per heavy atom. The van der Waals surface area contributed by atoms with Gasteiger partial charge in [0, 0.05) is 27.5 Å². The molecule has 268 valence electrons. The minimum Gasteiger partial charge on any atom is -0.456 e. The van der Waals surface area contributed by atoms with Crippen molar-refractivity contribution in [3.05, 3.63) is 205 Å². The fraction of sp³-hybridized carbons (Fsp3) is 0.0385. The number of rotatable bonds is 6. The van der Waals surface area contributed by atoms with Gasteiger partial charge in [-0.1, -0.05) is 170 Å². The molecule has 1 aliphatic rings. The van der Waals surface area contributed by atoms with Crippen molar-refractivity contribution < 1.29 is 4.42 Å². The molecule has 0 spiro atoms. The average molecular weight is 731 g/mol. The van der Waals surface area contributed by atoms with Crippen LogP contribution in [0, 0.1) is 0 Å². The molecule has 0 radical (unpaired) electrons. The Bertz CT molecular complexity index is 3000. The third kappa shape index (κ3) is 5.39. The molecule has 0 amide bonds. The topological polar surface area (TPSA) is 64.7 Å². The summed E-state index contributed by atoms with van der Waals surface area (Å²) in [5, 5.41) is 2.22. The van der Waals surface area contributed by atoms with Crippen LogP contribution < -0.4 is 0 Å². The van der Waals surface area contributed by atoms with Crippen molar-refractivity contribution in [3.63, 3.8) is 0 Å². The van der Waals surface area contributed by atoms with Crippen LogP contribution in [0.25, 0.3) is 89.6 Å². The normalized spacial score (nSPS) is 14.5. The van der Waals surface area contributed by atoms with Crippen LogP contribution in [0.4, 0.5) is 0 Å². The Morgan fingerprint density at radius 2 is 0.877 bits per heavy atom. The standard InChI is InChI=1S/C52H34N4O/c1-52(39-17-9-4-10-18-39)47-40(30-32-45-46(47)42-19-11-12-20-44(42)57-45)41-29-31-43(53-48(41)52)51-55-49(37-25-21-35(22-26-37)33-13-5-2-6-14-33)54-50(56-51)38-27-23-36(24-28-38)34-15-7-3-8-16-34/h2-32H,1H3. The molecule has 1 aliphatic carbocycles. The van der Waals surface area contributed by atoms with Crippen molar-refractivity contribution in [1.29, 1.82) is 0 Å². The van der Waals surface area contributed by atoms with Gasteiger partial charge in [0.2, 0.25) is 0 Å². The quantitative estimate of drug-likeness (QED) is 0.170. The minimum atomic E-state index is -0.590. The Kier molecular flexibility index (Phi) is 7.54. The van der Waals surface area contributed by atoms with Crippen LogP contribution in [0.1, 0.15) is 23.7 Å². The highest BCUT2D eigenvalue weighted by Crippen LogP contribution is 2.55. The molecular formula is C52H34N4O. The highest BCUT2D eigenvalue weighted by atomic mass is 16.3. The van der Waals surface area contributed by atoms with Gasteiger partial charge < -0.3 is 4.42 Å². The van der Waals surface area contributed by atoms with Gasteiger partial charge in [-0.3, -0.25) is 0 Å². The van der Waals surface area contributed by atoms with Crippen molar-refractivity contribution in [3.8, 4) is 67.7 Å². The molecule has 0 aliphatic heterocycles. The van der Waals surface area contributed by atoms with Crippen LogP contribution in [-0.2, 0) is 5.41 Å². The molecule has 0 bridgehead atoms. The van der Waals surface area contributed by atoms with Crippen LogP contribution in [0.2, 0.25) is 0 Å². The van der Waals surface area contributed by atoms with E-state index in [2.05, 4.69) is 171 Å². The van der Waals surface area contributed by atoms with E-state index in [1.807, 2.05) is 24.3 Å².